The largest absolute Gasteiger partial charge is 0.493 e. The lowest BCUT2D eigenvalue weighted by Crippen LogP contribution is -2.51. The predicted molar refractivity (Wildman–Crippen MR) is 117 cm³/mol. The zero-order valence-corrected chi connectivity index (χ0v) is 17.4. The van der Waals surface area contributed by atoms with Gasteiger partial charge in [0.05, 0.1) is 12.0 Å². The average Bonchev–Trinajstić information content (AvgIpc) is 2.75. The molecule has 32 heavy (non-hydrogen) atoms. The molecule has 3 N–H and O–H groups in total. The Morgan fingerprint density at radius 1 is 1.16 bits per heavy atom. The fraction of sp³-hybridized carbons (Fsp3) is 0.100. The van der Waals surface area contributed by atoms with Crippen molar-refractivity contribution in [1.82, 2.24) is 10.6 Å². The molecule has 12 heteroatoms. The summed E-state index contributed by atoms with van der Waals surface area (Å²) >= 11 is 4.75. The van der Waals surface area contributed by atoms with Crippen LogP contribution in [0.15, 0.2) is 48.0 Å². The smallest absolute Gasteiger partial charge is 0.271 e. The molecule has 3 amide bonds. The standard InChI is InChI=1S/C20H16N4O7S/c1-30-16-8-11(7-14-18(26)22-20(32)23-19(14)27)5-6-15(16)31-10-17(25)21-12-3-2-4-13(9-12)24(28)29/h2-9H,10H2,1H3,(H,21,25)(H2,22,23,26,27,32). The molecule has 1 saturated heterocycles. The first-order chi connectivity index (χ1) is 15.3. The first-order valence-electron chi connectivity index (χ1n) is 9.00. The van der Waals surface area contributed by atoms with E-state index in [0.29, 0.717) is 5.56 Å². The van der Waals surface area contributed by atoms with Crippen LogP contribution in [0.5, 0.6) is 11.5 Å². The van der Waals surface area contributed by atoms with Crippen molar-refractivity contribution in [3.63, 3.8) is 0 Å². The van der Waals surface area contributed by atoms with E-state index in [-0.39, 0.29) is 40.2 Å². The van der Waals surface area contributed by atoms with Crippen molar-refractivity contribution < 1.29 is 28.8 Å². The Morgan fingerprint density at radius 2 is 1.88 bits per heavy atom. The van der Waals surface area contributed by atoms with E-state index in [9.17, 15) is 24.5 Å². The van der Waals surface area contributed by atoms with Crippen molar-refractivity contribution in [2.75, 3.05) is 19.0 Å². The SMILES string of the molecule is COc1cc(C=C2C(=O)NC(=S)NC2=O)ccc1OCC(=O)Nc1cccc([N+](=O)[O-])c1. The number of non-ortho nitro benzene ring substituents is 1. The molecular formula is C20H16N4O7S. The molecule has 2 aromatic carbocycles. The van der Waals surface area contributed by atoms with Crippen molar-refractivity contribution in [2.45, 2.75) is 0 Å². The maximum atomic E-state index is 12.1. The highest BCUT2D eigenvalue weighted by Crippen LogP contribution is 2.29. The second-order valence-electron chi connectivity index (χ2n) is 6.35. The van der Waals surface area contributed by atoms with Crippen molar-refractivity contribution >= 4 is 52.5 Å². The van der Waals surface area contributed by atoms with Gasteiger partial charge in [-0.15, -0.1) is 0 Å². The highest BCUT2D eigenvalue weighted by molar-refractivity contribution is 7.80. The summed E-state index contributed by atoms with van der Waals surface area (Å²) in [6.07, 6.45) is 1.35. The number of rotatable bonds is 7. The van der Waals surface area contributed by atoms with E-state index in [1.165, 1.54) is 49.6 Å². The summed E-state index contributed by atoms with van der Waals surface area (Å²) in [6, 6.07) is 10.1. The van der Waals surface area contributed by atoms with Crippen LogP contribution in [0.1, 0.15) is 5.56 Å². The van der Waals surface area contributed by atoms with Crippen molar-refractivity contribution in [3.05, 3.63) is 63.7 Å². The minimum atomic E-state index is -0.629. The summed E-state index contributed by atoms with van der Waals surface area (Å²) in [6.45, 7) is -0.387. The van der Waals surface area contributed by atoms with Gasteiger partial charge in [0.1, 0.15) is 5.57 Å². The number of nitro benzene ring substituents is 1. The molecule has 3 rings (SSSR count). The number of ether oxygens (including phenoxy) is 2. The number of benzene rings is 2. The topological polar surface area (TPSA) is 149 Å². The van der Waals surface area contributed by atoms with Gasteiger partial charge in [-0.05, 0) is 42.1 Å². The van der Waals surface area contributed by atoms with Gasteiger partial charge in [0, 0.05) is 17.8 Å². The van der Waals surface area contributed by atoms with Gasteiger partial charge in [-0.25, -0.2) is 0 Å². The van der Waals surface area contributed by atoms with Crippen LogP contribution in [0.25, 0.3) is 6.08 Å². The number of nitro groups is 1. The molecule has 164 valence electrons. The molecule has 0 aromatic heterocycles. The third-order valence-corrected chi connectivity index (χ3v) is 4.35. The van der Waals surface area contributed by atoms with Gasteiger partial charge < -0.3 is 14.8 Å². The lowest BCUT2D eigenvalue weighted by Gasteiger charge is -2.16. The monoisotopic (exact) mass is 456 g/mol. The number of nitrogens with zero attached hydrogens (tertiary/aromatic N) is 1. The summed E-state index contributed by atoms with van der Waals surface area (Å²) in [4.78, 5) is 46.3. The van der Waals surface area contributed by atoms with E-state index in [4.69, 9.17) is 21.7 Å². The average molecular weight is 456 g/mol. The summed E-state index contributed by atoms with van der Waals surface area (Å²) < 4.78 is 10.7. The van der Waals surface area contributed by atoms with Crippen molar-refractivity contribution in [1.29, 1.82) is 0 Å². The molecule has 0 bridgehead atoms. The Bertz CT molecular complexity index is 1140. The van der Waals surface area contributed by atoms with Crippen molar-refractivity contribution in [3.8, 4) is 11.5 Å². The zero-order valence-electron chi connectivity index (χ0n) is 16.5. The molecule has 2 aromatic rings. The van der Waals surface area contributed by atoms with E-state index in [1.54, 1.807) is 6.07 Å². The predicted octanol–water partition coefficient (Wildman–Crippen LogP) is 1.54. The first kappa shape index (κ1) is 22.4. The molecule has 0 saturated carbocycles. The third kappa shape index (κ3) is 5.43. The number of thiocarbonyl (C=S) groups is 1. The molecule has 1 heterocycles. The van der Waals surface area contributed by atoms with E-state index in [2.05, 4.69) is 16.0 Å². The third-order valence-electron chi connectivity index (χ3n) is 4.14. The Labute approximate surface area is 186 Å². The fourth-order valence-electron chi connectivity index (χ4n) is 2.70. The van der Waals surface area contributed by atoms with Crippen LogP contribution in [0, 0.1) is 10.1 Å². The second kappa shape index (κ2) is 9.66. The van der Waals surface area contributed by atoms with E-state index >= 15 is 0 Å². The summed E-state index contributed by atoms with van der Waals surface area (Å²) in [7, 11) is 1.39. The van der Waals surface area contributed by atoms with Crippen LogP contribution >= 0.6 is 12.2 Å². The number of amides is 3. The van der Waals surface area contributed by atoms with Gasteiger partial charge in [0.25, 0.3) is 23.4 Å². The first-order valence-corrected chi connectivity index (χ1v) is 9.41. The van der Waals surface area contributed by atoms with Crippen LogP contribution in [0.3, 0.4) is 0 Å². The Morgan fingerprint density at radius 3 is 2.53 bits per heavy atom. The molecular weight excluding hydrogens is 440 g/mol. The minimum absolute atomic E-state index is 0.0677. The molecule has 0 aliphatic carbocycles. The van der Waals surface area contributed by atoms with Crippen LogP contribution in [-0.2, 0) is 14.4 Å². The number of hydrogen-bond acceptors (Lipinski definition) is 8. The van der Waals surface area contributed by atoms with Gasteiger partial charge in [0.2, 0.25) is 0 Å². The number of hydrogen-bond donors (Lipinski definition) is 3. The van der Waals surface area contributed by atoms with Gasteiger partial charge in [-0.2, -0.15) is 0 Å². The van der Waals surface area contributed by atoms with Crippen LogP contribution in [0.2, 0.25) is 0 Å². The highest BCUT2D eigenvalue weighted by atomic mass is 32.1. The highest BCUT2D eigenvalue weighted by Gasteiger charge is 2.25. The van der Waals surface area contributed by atoms with Gasteiger partial charge >= 0.3 is 0 Å². The Balaban J connectivity index is 1.68. The van der Waals surface area contributed by atoms with Crippen LogP contribution in [0.4, 0.5) is 11.4 Å². The zero-order chi connectivity index (χ0) is 23.3. The fourth-order valence-corrected chi connectivity index (χ4v) is 2.89. The molecule has 0 spiro atoms. The molecule has 0 atom stereocenters. The maximum Gasteiger partial charge on any atom is 0.271 e. The molecule has 11 nitrogen and oxygen atoms in total. The molecule has 1 fully saturated rings. The molecule has 1 aliphatic rings. The lowest BCUT2D eigenvalue weighted by atomic mass is 10.1. The van der Waals surface area contributed by atoms with Crippen LogP contribution in [-0.4, -0.2) is 41.5 Å². The Hall–Kier alpha value is -4.32. The summed E-state index contributed by atoms with van der Waals surface area (Å²) in [5, 5.41) is 17.9. The molecule has 0 unspecified atom stereocenters. The number of anilines is 1. The maximum absolute atomic E-state index is 12.1. The summed E-state index contributed by atoms with van der Waals surface area (Å²) in [5.74, 6) is -1.30. The number of methoxy groups -OCH3 is 1. The lowest BCUT2D eigenvalue weighted by molar-refractivity contribution is -0.384. The summed E-state index contributed by atoms with van der Waals surface area (Å²) in [5.41, 5.74) is 0.441. The van der Waals surface area contributed by atoms with Gasteiger partial charge in [-0.3, -0.25) is 35.1 Å². The molecule has 1 aliphatic heterocycles. The molecule has 0 radical (unpaired) electrons. The second-order valence-corrected chi connectivity index (χ2v) is 6.76. The van der Waals surface area contributed by atoms with E-state index < -0.39 is 22.6 Å². The van der Waals surface area contributed by atoms with Crippen LogP contribution < -0.4 is 25.4 Å². The Kier molecular flexibility index (Phi) is 6.75. The van der Waals surface area contributed by atoms with E-state index in [1.807, 2.05) is 0 Å². The van der Waals surface area contributed by atoms with Gasteiger partial charge in [-0.1, -0.05) is 12.1 Å². The number of nitrogens with one attached hydrogen (secondary N) is 3. The number of carbonyl (C=O) groups excluding carboxylic acids is 3. The number of carbonyl (C=O) groups is 3. The van der Waals surface area contributed by atoms with E-state index in [0.717, 1.165) is 0 Å². The quantitative estimate of drug-likeness (QED) is 0.187. The van der Waals surface area contributed by atoms with Gasteiger partial charge in [0.15, 0.2) is 23.2 Å². The van der Waals surface area contributed by atoms with Crippen molar-refractivity contribution in [2.24, 2.45) is 0 Å². The normalized spacial score (nSPS) is 13.0. The minimum Gasteiger partial charge on any atom is -0.493 e.